The standard InChI is InChI=1S/C18H17ClN2O2S/c19-12-6-4-11(5-7-12)18-15-3-1-2-14(15)16-10-13(24(20,22)23)8-9-17(16)21-18/h1-2,4-10,14-15,18,21H,3H2,(H2,20,22,23)/t14-,15-,18+/m1/s1. The van der Waals surface area contributed by atoms with E-state index in [0.717, 1.165) is 17.7 Å². The van der Waals surface area contributed by atoms with Crippen LogP contribution in [0.25, 0.3) is 0 Å². The average Bonchev–Trinajstić information content (AvgIpc) is 3.03. The van der Waals surface area contributed by atoms with Crippen LogP contribution in [-0.2, 0) is 10.0 Å². The number of anilines is 1. The van der Waals surface area contributed by atoms with Crippen molar-refractivity contribution in [3.8, 4) is 0 Å². The van der Waals surface area contributed by atoms with Gasteiger partial charge in [-0.15, -0.1) is 0 Å². The van der Waals surface area contributed by atoms with Crippen molar-refractivity contribution >= 4 is 27.3 Å². The molecule has 4 nitrogen and oxygen atoms in total. The summed E-state index contributed by atoms with van der Waals surface area (Å²) in [7, 11) is -3.70. The van der Waals surface area contributed by atoms with Crippen LogP contribution in [0.3, 0.4) is 0 Å². The summed E-state index contributed by atoms with van der Waals surface area (Å²) in [5.74, 6) is 0.526. The quantitative estimate of drug-likeness (QED) is 0.800. The van der Waals surface area contributed by atoms with Gasteiger partial charge in [0.25, 0.3) is 0 Å². The molecule has 3 N–H and O–H groups in total. The van der Waals surface area contributed by atoms with E-state index in [1.807, 2.05) is 24.3 Å². The molecule has 2 aromatic rings. The van der Waals surface area contributed by atoms with Crippen LogP contribution >= 0.6 is 11.6 Å². The van der Waals surface area contributed by atoms with Gasteiger partial charge in [0.2, 0.25) is 10.0 Å². The highest BCUT2D eigenvalue weighted by molar-refractivity contribution is 7.89. The van der Waals surface area contributed by atoms with Crippen molar-refractivity contribution in [1.29, 1.82) is 0 Å². The highest BCUT2D eigenvalue weighted by atomic mass is 35.5. The van der Waals surface area contributed by atoms with Crippen LogP contribution in [0, 0.1) is 5.92 Å². The molecule has 0 fully saturated rings. The van der Waals surface area contributed by atoms with E-state index in [1.54, 1.807) is 18.2 Å². The fourth-order valence-corrected chi connectivity index (χ4v) is 4.42. The van der Waals surface area contributed by atoms with Crippen LogP contribution in [0.4, 0.5) is 5.69 Å². The first kappa shape index (κ1) is 15.7. The molecule has 0 saturated carbocycles. The van der Waals surface area contributed by atoms with E-state index < -0.39 is 10.0 Å². The van der Waals surface area contributed by atoms with Crippen molar-refractivity contribution in [2.45, 2.75) is 23.3 Å². The summed E-state index contributed by atoms with van der Waals surface area (Å²) in [5, 5.41) is 9.56. The fourth-order valence-electron chi connectivity index (χ4n) is 3.75. The molecule has 0 bridgehead atoms. The fraction of sp³-hybridized carbons (Fsp3) is 0.222. The lowest BCUT2D eigenvalue weighted by molar-refractivity contribution is 0.425. The van der Waals surface area contributed by atoms with E-state index in [-0.39, 0.29) is 16.9 Å². The number of nitrogens with two attached hydrogens (primary N) is 1. The van der Waals surface area contributed by atoms with Gasteiger partial charge in [0.15, 0.2) is 0 Å². The minimum atomic E-state index is -3.70. The second-order valence-electron chi connectivity index (χ2n) is 6.32. The summed E-state index contributed by atoms with van der Waals surface area (Å²) in [6, 6.07) is 13.1. The molecule has 0 amide bonds. The van der Waals surface area contributed by atoms with Gasteiger partial charge < -0.3 is 5.32 Å². The summed E-state index contributed by atoms with van der Waals surface area (Å²) < 4.78 is 23.3. The first-order chi connectivity index (χ1) is 11.4. The smallest absolute Gasteiger partial charge is 0.238 e. The summed E-state index contributed by atoms with van der Waals surface area (Å²) in [5.41, 5.74) is 3.12. The van der Waals surface area contributed by atoms with Crippen LogP contribution in [0.15, 0.2) is 59.5 Å². The van der Waals surface area contributed by atoms with Gasteiger partial charge in [-0.3, -0.25) is 0 Å². The zero-order valence-corrected chi connectivity index (χ0v) is 14.4. The number of fused-ring (bicyclic) bond motifs is 3. The Labute approximate surface area is 146 Å². The van der Waals surface area contributed by atoms with Gasteiger partial charge in [-0.05, 0) is 53.8 Å². The van der Waals surface area contributed by atoms with Gasteiger partial charge in [0, 0.05) is 16.6 Å². The molecule has 0 radical (unpaired) electrons. The van der Waals surface area contributed by atoms with Crippen molar-refractivity contribution in [2.75, 3.05) is 5.32 Å². The third kappa shape index (κ3) is 2.62. The lowest BCUT2D eigenvalue weighted by Gasteiger charge is -2.37. The lowest BCUT2D eigenvalue weighted by Crippen LogP contribution is -2.29. The van der Waals surface area contributed by atoms with Gasteiger partial charge in [0.1, 0.15) is 0 Å². The van der Waals surface area contributed by atoms with Crippen molar-refractivity contribution in [2.24, 2.45) is 11.1 Å². The molecule has 0 spiro atoms. The Hall–Kier alpha value is -1.82. The molecule has 0 saturated heterocycles. The van der Waals surface area contributed by atoms with E-state index in [9.17, 15) is 8.42 Å². The van der Waals surface area contributed by atoms with E-state index in [4.69, 9.17) is 16.7 Å². The third-order valence-electron chi connectivity index (χ3n) is 4.89. The van der Waals surface area contributed by atoms with E-state index >= 15 is 0 Å². The normalized spacial score (nSPS) is 25.0. The minimum Gasteiger partial charge on any atom is -0.378 e. The highest BCUT2D eigenvalue weighted by Crippen LogP contribution is 2.50. The second kappa shape index (κ2) is 5.62. The van der Waals surface area contributed by atoms with Crippen molar-refractivity contribution in [3.63, 3.8) is 0 Å². The number of allylic oxidation sites excluding steroid dienone is 2. The monoisotopic (exact) mass is 360 g/mol. The van der Waals surface area contributed by atoms with Crippen molar-refractivity contribution in [3.05, 3.63) is 70.8 Å². The average molecular weight is 361 g/mol. The summed E-state index contributed by atoms with van der Waals surface area (Å²) >= 11 is 6.00. The Balaban J connectivity index is 1.79. The predicted octanol–water partition coefficient (Wildman–Crippen LogP) is 3.81. The predicted molar refractivity (Wildman–Crippen MR) is 95.6 cm³/mol. The molecule has 6 heteroatoms. The Bertz CT molecular complexity index is 923. The van der Waals surface area contributed by atoms with Gasteiger partial charge in [-0.1, -0.05) is 35.9 Å². The minimum absolute atomic E-state index is 0.159. The summed E-state index contributed by atoms with van der Waals surface area (Å²) in [6.07, 6.45) is 5.28. The first-order valence-corrected chi connectivity index (χ1v) is 9.71. The molecule has 0 unspecified atom stereocenters. The molecular weight excluding hydrogens is 344 g/mol. The summed E-state index contributed by atoms with van der Waals surface area (Å²) in [4.78, 5) is 0.159. The number of nitrogens with one attached hydrogen (secondary N) is 1. The molecule has 1 aliphatic heterocycles. The molecular formula is C18H17ClN2O2S. The van der Waals surface area contributed by atoms with Gasteiger partial charge in [-0.2, -0.15) is 0 Å². The first-order valence-electron chi connectivity index (χ1n) is 7.79. The number of rotatable bonds is 2. The van der Waals surface area contributed by atoms with Crippen LogP contribution in [-0.4, -0.2) is 8.42 Å². The molecule has 1 aliphatic carbocycles. The molecule has 0 aromatic heterocycles. The molecule has 24 heavy (non-hydrogen) atoms. The summed E-state index contributed by atoms with van der Waals surface area (Å²) in [6.45, 7) is 0. The number of halogens is 1. The molecule has 124 valence electrons. The number of hydrogen-bond donors (Lipinski definition) is 2. The van der Waals surface area contributed by atoms with Crippen molar-refractivity contribution in [1.82, 2.24) is 0 Å². The Kier molecular flexibility index (Phi) is 3.67. The topological polar surface area (TPSA) is 72.2 Å². The zero-order valence-electron chi connectivity index (χ0n) is 12.8. The van der Waals surface area contributed by atoms with Gasteiger partial charge in [0.05, 0.1) is 10.9 Å². The second-order valence-corrected chi connectivity index (χ2v) is 8.32. The maximum atomic E-state index is 11.7. The maximum absolute atomic E-state index is 11.7. The molecule has 2 aliphatic rings. The molecule has 4 rings (SSSR count). The molecule has 1 heterocycles. The Morgan fingerprint density at radius 1 is 1.12 bits per heavy atom. The largest absolute Gasteiger partial charge is 0.378 e. The number of hydrogen-bond acceptors (Lipinski definition) is 3. The van der Waals surface area contributed by atoms with Crippen LogP contribution in [0.1, 0.15) is 29.5 Å². The third-order valence-corrected chi connectivity index (χ3v) is 6.05. The molecule has 2 aromatic carbocycles. The SMILES string of the molecule is NS(=O)(=O)c1ccc2c(c1)[C@@H]1C=CC[C@H]1[C@H](c1ccc(Cl)cc1)N2. The maximum Gasteiger partial charge on any atom is 0.238 e. The van der Waals surface area contributed by atoms with Crippen LogP contribution in [0.5, 0.6) is 0 Å². The lowest BCUT2D eigenvalue weighted by atomic mass is 9.77. The van der Waals surface area contributed by atoms with Crippen LogP contribution < -0.4 is 10.5 Å². The Morgan fingerprint density at radius 2 is 1.88 bits per heavy atom. The van der Waals surface area contributed by atoms with Crippen LogP contribution in [0.2, 0.25) is 5.02 Å². The van der Waals surface area contributed by atoms with Gasteiger partial charge >= 0.3 is 0 Å². The highest BCUT2D eigenvalue weighted by Gasteiger charge is 2.38. The Morgan fingerprint density at radius 3 is 2.58 bits per heavy atom. The molecule has 3 atom stereocenters. The number of primary sulfonamides is 1. The van der Waals surface area contributed by atoms with Gasteiger partial charge in [-0.25, -0.2) is 13.6 Å². The number of benzene rings is 2. The number of sulfonamides is 1. The van der Waals surface area contributed by atoms with Crippen molar-refractivity contribution < 1.29 is 8.42 Å². The van der Waals surface area contributed by atoms with E-state index in [0.29, 0.717) is 10.9 Å². The zero-order chi connectivity index (χ0) is 16.9. The van der Waals surface area contributed by atoms with E-state index in [1.165, 1.54) is 5.56 Å². The van der Waals surface area contributed by atoms with E-state index in [2.05, 4.69) is 17.5 Å².